The SMILES string of the molecule is CCn1cc(N[C@H](c2ccc(Cl)cc2)[C@@H]2CN(C)CCO2)cn1. The van der Waals surface area contributed by atoms with Gasteiger partial charge in [-0.3, -0.25) is 4.68 Å². The maximum absolute atomic E-state index is 6.04. The summed E-state index contributed by atoms with van der Waals surface area (Å²) in [4.78, 5) is 2.30. The zero-order valence-corrected chi connectivity index (χ0v) is 14.3. The average molecular weight is 335 g/mol. The fourth-order valence-electron chi connectivity index (χ4n) is 2.86. The summed E-state index contributed by atoms with van der Waals surface area (Å²) in [5, 5.41) is 8.66. The Bertz CT molecular complexity index is 628. The highest BCUT2D eigenvalue weighted by molar-refractivity contribution is 6.30. The normalized spacial score (nSPS) is 20.4. The van der Waals surface area contributed by atoms with Crippen molar-refractivity contribution in [3.05, 3.63) is 47.2 Å². The van der Waals surface area contributed by atoms with Crippen molar-refractivity contribution >= 4 is 17.3 Å². The molecule has 1 saturated heterocycles. The Morgan fingerprint density at radius 2 is 2.17 bits per heavy atom. The molecule has 23 heavy (non-hydrogen) atoms. The second-order valence-corrected chi connectivity index (χ2v) is 6.37. The average Bonchev–Trinajstić information content (AvgIpc) is 3.01. The molecule has 2 aromatic rings. The van der Waals surface area contributed by atoms with E-state index < -0.39 is 0 Å². The Morgan fingerprint density at radius 1 is 1.39 bits per heavy atom. The predicted molar refractivity (Wildman–Crippen MR) is 93.0 cm³/mol. The first-order valence-corrected chi connectivity index (χ1v) is 8.38. The van der Waals surface area contributed by atoms with Gasteiger partial charge in [-0.25, -0.2) is 0 Å². The molecule has 1 aliphatic rings. The minimum absolute atomic E-state index is 0.0597. The first-order valence-electron chi connectivity index (χ1n) is 8.00. The maximum Gasteiger partial charge on any atom is 0.0945 e. The summed E-state index contributed by atoms with van der Waals surface area (Å²) in [6.07, 6.45) is 3.97. The van der Waals surface area contributed by atoms with Gasteiger partial charge in [0.25, 0.3) is 0 Å². The molecule has 0 aliphatic carbocycles. The van der Waals surface area contributed by atoms with Gasteiger partial charge in [-0.1, -0.05) is 23.7 Å². The zero-order chi connectivity index (χ0) is 16.2. The van der Waals surface area contributed by atoms with Crippen LogP contribution in [-0.2, 0) is 11.3 Å². The lowest BCUT2D eigenvalue weighted by atomic mass is 10.00. The minimum Gasteiger partial charge on any atom is -0.373 e. The number of aromatic nitrogens is 2. The lowest BCUT2D eigenvalue weighted by molar-refractivity contribution is -0.0291. The van der Waals surface area contributed by atoms with Gasteiger partial charge in [-0.05, 0) is 31.7 Å². The molecule has 1 N–H and O–H groups in total. The van der Waals surface area contributed by atoms with Gasteiger partial charge in [0, 0.05) is 30.9 Å². The first-order chi connectivity index (χ1) is 11.2. The molecule has 1 aliphatic heterocycles. The van der Waals surface area contributed by atoms with Crippen molar-refractivity contribution < 1.29 is 4.74 Å². The van der Waals surface area contributed by atoms with E-state index in [2.05, 4.69) is 41.4 Å². The van der Waals surface area contributed by atoms with E-state index in [9.17, 15) is 0 Å². The molecular weight excluding hydrogens is 312 g/mol. The third-order valence-corrected chi connectivity index (χ3v) is 4.43. The molecule has 1 fully saturated rings. The molecule has 3 rings (SSSR count). The van der Waals surface area contributed by atoms with Crippen molar-refractivity contribution in [2.75, 3.05) is 32.1 Å². The van der Waals surface area contributed by atoms with E-state index in [4.69, 9.17) is 16.3 Å². The standard InChI is InChI=1S/C17H23ClN4O/c1-3-22-11-15(10-19-22)20-17(13-4-6-14(18)7-5-13)16-12-21(2)8-9-23-16/h4-7,10-11,16-17,20H,3,8-9,12H2,1-2H3/t16-,17+/m0/s1. The lowest BCUT2D eigenvalue weighted by Gasteiger charge is -2.36. The van der Waals surface area contributed by atoms with Crippen molar-refractivity contribution in [3.8, 4) is 0 Å². The molecule has 0 radical (unpaired) electrons. The fourth-order valence-corrected chi connectivity index (χ4v) is 2.99. The third-order valence-electron chi connectivity index (χ3n) is 4.18. The van der Waals surface area contributed by atoms with Crippen molar-refractivity contribution in [1.29, 1.82) is 0 Å². The van der Waals surface area contributed by atoms with Gasteiger partial charge in [-0.2, -0.15) is 5.10 Å². The van der Waals surface area contributed by atoms with Crippen LogP contribution in [-0.4, -0.2) is 47.5 Å². The van der Waals surface area contributed by atoms with Crippen molar-refractivity contribution in [3.63, 3.8) is 0 Å². The van der Waals surface area contributed by atoms with Crippen LogP contribution in [0.25, 0.3) is 0 Å². The molecule has 0 unspecified atom stereocenters. The van der Waals surface area contributed by atoms with Crippen molar-refractivity contribution in [1.82, 2.24) is 14.7 Å². The van der Waals surface area contributed by atoms with Crippen LogP contribution in [0.3, 0.4) is 0 Å². The van der Waals surface area contributed by atoms with Crippen LogP contribution in [0.5, 0.6) is 0 Å². The summed E-state index contributed by atoms with van der Waals surface area (Å²) in [7, 11) is 2.13. The summed E-state index contributed by atoms with van der Waals surface area (Å²) < 4.78 is 7.95. The predicted octanol–water partition coefficient (Wildman–Crippen LogP) is 3.04. The smallest absolute Gasteiger partial charge is 0.0945 e. The van der Waals surface area contributed by atoms with Gasteiger partial charge in [-0.15, -0.1) is 0 Å². The second-order valence-electron chi connectivity index (χ2n) is 5.93. The third kappa shape index (κ3) is 4.05. The van der Waals surface area contributed by atoms with Crippen LogP contribution in [0.2, 0.25) is 5.02 Å². The Kier molecular flexibility index (Phi) is 5.20. The summed E-state index contributed by atoms with van der Waals surface area (Å²) in [5.41, 5.74) is 2.17. The number of benzene rings is 1. The van der Waals surface area contributed by atoms with Crippen molar-refractivity contribution in [2.24, 2.45) is 0 Å². The molecular formula is C17H23ClN4O. The topological polar surface area (TPSA) is 42.3 Å². The summed E-state index contributed by atoms with van der Waals surface area (Å²) in [6, 6.07) is 8.02. The van der Waals surface area contributed by atoms with Gasteiger partial charge in [0.15, 0.2) is 0 Å². The molecule has 0 spiro atoms. The highest BCUT2D eigenvalue weighted by Crippen LogP contribution is 2.27. The van der Waals surface area contributed by atoms with E-state index in [1.807, 2.05) is 29.2 Å². The Labute approximate surface area is 142 Å². The van der Waals surface area contributed by atoms with E-state index >= 15 is 0 Å². The van der Waals surface area contributed by atoms with Crippen LogP contribution < -0.4 is 5.32 Å². The number of hydrogen-bond donors (Lipinski definition) is 1. The van der Waals surface area contributed by atoms with Crippen LogP contribution in [0.1, 0.15) is 18.5 Å². The summed E-state index contributed by atoms with van der Waals surface area (Å²) >= 11 is 6.03. The number of likely N-dealkylation sites (N-methyl/N-ethyl adjacent to an activating group) is 1. The van der Waals surface area contributed by atoms with Crippen LogP contribution in [0.4, 0.5) is 5.69 Å². The zero-order valence-electron chi connectivity index (χ0n) is 13.6. The number of anilines is 1. The number of ether oxygens (including phenoxy) is 1. The molecule has 0 amide bonds. The second kappa shape index (κ2) is 7.34. The van der Waals surface area contributed by atoms with E-state index in [1.165, 1.54) is 5.56 Å². The monoisotopic (exact) mass is 334 g/mol. The summed E-state index contributed by atoms with van der Waals surface area (Å²) in [6.45, 7) is 5.55. The maximum atomic E-state index is 6.04. The van der Waals surface area contributed by atoms with E-state index in [1.54, 1.807) is 0 Å². The number of halogens is 1. The Morgan fingerprint density at radius 3 is 2.83 bits per heavy atom. The number of rotatable bonds is 5. The first kappa shape index (κ1) is 16.3. The van der Waals surface area contributed by atoms with Gasteiger partial charge < -0.3 is 15.0 Å². The number of hydrogen-bond acceptors (Lipinski definition) is 4. The quantitative estimate of drug-likeness (QED) is 0.912. The van der Waals surface area contributed by atoms with Gasteiger partial charge in [0.05, 0.1) is 30.6 Å². The largest absolute Gasteiger partial charge is 0.373 e. The molecule has 6 heteroatoms. The molecule has 1 aromatic heterocycles. The number of morpholine rings is 1. The van der Waals surface area contributed by atoms with Crippen molar-refractivity contribution in [2.45, 2.75) is 25.6 Å². The van der Waals surface area contributed by atoms with Gasteiger partial charge in [0.1, 0.15) is 0 Å². The lowest BCUT2D eigenvalue weighted by Crippen LogP contribution is -2.44. The van der Waals surface area contributed by atoms with Gasteiger partial charge in [0.2, 0.25) is 0 Å². The fraction of sp³-hybridized carbons (Fsp3) is 0.471. The van der Waals surface area contributed by atoms with Gasteiger partial charge >= 0.3 is 0 Å². The Hall–Kier alpha value is -1.56. The highest BCUT2D eigenvalue weighted by Gasteiger charge is 2.28. The number of nitrogens with one attached hydrogen (secondary N) is 1. The molecule has 0 saturated carbocycles. The molecule has 1 aromatic carbocycles. The molecule has 2 atom stereocenters. The van der Waals surface area contributed by atoms with E-state index in [0.29, 0.717) is 0 Å². The molecule has 5 nitrogen and oxygen atoms in total. The Balaban J connectivity index is 1.84. The summed E-state index contributed by atoms with van der Waals surface area (Å²) in [5.74, 6) is 0. The van der Waals surface area contributed by atoms with Crippen LogP contribution in [0.15, 0.2) is 36.7 Å². The molecule has 0 bridgehead atoms. The van der Waals surface area contributed by atoms with Crippen LogP contribution >= 0.6 is 11.6 Å². The number of nitrogens with zero attached hydrogens (tertiary/aromatic N) is 3. The highest BCUT2D eigenvalue weighted by atomic mass is 35.5. The van der Waals surface area contributed by atoms with E-state index in [0.717, 1.165) is 37.0 Å². The molecule has 124 valence electrons. The van der Waals surface area contributed by atoms with Crippen LogP contribution in [0, 0.1) is 0 Å². The molecule has 2 heterocycles. The van der Waals surface area contributed by atoms with E-state index in [-0.39, 0.29) is 12.1 Å². The minimum atomic E-state index is 0.0597. The number of aryl methyl sites for hydroxylation is 1.